The SMILES string of the molecule is COc1cccc(NC(=O)Nc2cccc(-n3nc(OC(C)C)nc3-c3ccccc3F)c2)c1. The van der Waals surface area contributed by atoms with Crippen LogP contribution in [-0.2, 0) is 0 Å². The summed E-state index contributed by atoms with van der Waals surface area (Å²) in [7, 11) is 1.56. The van der Waals surface area contributed by atoms with Crippen molar-refractivity contribution in [1.82, 2.24) is 14.8 Å². The van der Waals surface area contributed by atoms with Gasteiger partial charge in [0, 0.05) is 17.4 Å². The fraction of sp³-hybridized carbons (Fsp3) is 0.160. The predicted molar refractivity (Wildman–Crippen MR) is 128 cm³/mol. The van der Waals surface area contributed by atoms with E-state index in [1.54, 1.807) is 73.8 Å². The number of hydrogen-bond acceptors (Lipinski definition) is 5. The fourth-order valence-electron chi connectivity index (χ4n) is 3.26. The molecule has 8 nitrogen and oxygen atoms in total. The third-order valence-corrected chi connectivity index (χ3v) is 4.72. The Kier molecular flexibility index (Phi) is 6.72. The molecule has 0 fully saturated rings. The summed E-state index contributed by atoms with van der Waals surface area (Å²) in [5.41, 5.74) is 1.95. The number of carbonyl (C=O) groups is 1. The zero-order valence-corrected chi connectivity index (χ0v) is 18.9. The zero-order chi connectivity index (χ0) is 24.1. The first-order chi connectivity index (χ1) is 16.4. The highest BCUT2D eigenvalue weighted by Gasteiger charge is 2.18. The first-order valence-electron chi connectivity index (χ1n) is 10.6. The Morgan fingerprint density at radius 1 is 0.971 bits per heavy atom. The molecule has 4 aromatic rings. The lowest BCUT2D eigenvalue weighted by molar-refractivity contribution is 0.222. The maximum atomic E-state index is 14.6. The van der Waals surface area contributed by atoms with Crippen LogP contribution in [0.1, 0.15) is 13.8 Å². The Morgan fingerprint density at radius 3 is 2.38 bits per heavy atom. The first kappa shape index (κ1) is 22.8. The van der Waals surface area contributed by atoms with E-state index in [1.807, 2.05) is 13.8 Å². The van der Waals surface area contributed by atoms with Crippen LogP contribution in [0, 0.1) is 5.82 Å². The lowest BCUT2D eigenvalue weighted by Crippen LogP contribution is -2.19. The van der Waals surface area contributed by atoms with E-state index in [9.17, 15) is 9.18 Å². The van der Waals surface area contributed by atoms with Crippen LogP contribution >= 0.6 is 0 Å². The van der Waals surface area contributed by atoms with Crippen molar-refractivity contribution in [1.29, 1.82) is 0 Å². The molecule has 9 heteroatoms. The Balaban J connectivity index is 1.62. The highest BCUT2D eigenvalue weighted by Crippen LogP contribution is 2.27. The average Bonchev–Trinajstić information content (AvgIpc) is 3.22. The number of nitrogens with zero attached hydrogens (tertiary/aromatic N) is 3. The summed E-state index contributed by atoms with van der Waals surface area (Å²) >= 11 is 0. The molecule has 0 saturated heterocycles. The monoisotopic (exact) mass is 461 g/mol. The van der Waals surface area contributed by atoms with E-state index in [4.69, 9.17) is 9.47 Å². The number of ether oxygens (including phenoxy) is 2. The van der Waals surface area contributed by atoms with Gasteiger partial charge in [0.05, 0.1) is 24.5 Å². The lowest BCUT2D eigenvalue weighted by atomic mass is 10.2. The molecule has 2 N–H and O–H groups in total. The topological polar surface area (TPSA) is 90.3 Å². The van der Waals surface area contributed by atoms with E-state index >= 15 is 0 Å². The zero-order valence-electron chi connectivity index (χ0n) is 18.9. The van der Waals surface area contributed by atoms with Crippen molar-refractivity contribution in [2.45, 2.75) is 20.0 Å². The van der Waals surface area contributed by atoms with Crippen LogP contribution in [0.3, 0.4) is 0 Å². The van der Waals surface area contributed by atoms with Gasteiger partial charge in [0.2, 0.25) is 0 Å². The van der Waals surface area contributed by atoms with Gasteiger partial charge in [-0.1, -0.05) is 24.3 Å². The van der Waals surface area contributed by atoms with E-state index in [-0.39, 0.29) is 23.5 Å². The van der Waals surface area contributed by atoms with Gasteiger partial charge in [0.15, 0.2) is 5.82 Å². The molecule has 0 bridgehead atoms. The maximum Gasteiger partial charge on any atom is 0.336 e. The minimum absolute atomic E-state index is 0.127. The van der Waals surface area contributed by atoms with Gasteiger partial charge >= 0.3 is 12.0 Å². The van der Waals surface area contributed by atoms with Crippen LogP contribution in [-0.4, -0.2) is 34.0 Å². The van der Waals surface area contributed by atoms with Crippen LogP contribution in [0.2, 0.25) is 0 Å². The van der Waals surface area contributed by atoms with Crippen molar-refractivity contribution in [2.75, 3.05) is 17.7 Å². The number of amides is 2. The second kappa shape index (κ2) is 10.0. The van der Waals surface area contributed by atoms with E-state index < -0.39 is 11.8 Å². The second-order valence-corrected chi connectivity index (χ2v) is 7.64. The van der Waals surface area contributed by atoms with Crippen molar-refractivity contribution >= 4 is 17.4 Å². The summed E-state index contributed by atoms with van der Waals surface area (Å²) in [6.07, 6.45) is -0.155. The Labute approximate surface area is 196 Å². The van der Waals surface area contributed by atoms with Crippen molar-refractivity contribution in [3.05, 3.63) is 78.6 Å². The molecular formula is C25H24FN5O3. The van der Waals surface area contributed by atoms with Crippen molar-refractivity contribution in [3.8, 4) is 28.8 Å². The molecule has 2 amide bonds. The van der Waals surface area contributed by atoms with Crippen molar-refractivity contribution < 1.29 is 18.7 Å². The molecule has 3 aromatic carbocycles. The van der Waals surface area contributed by atoms with Crippen molar-refractivity contribution in [3.63, 3.8) is 0 Å². The fourth-order valence-corrected chi connectivity index (χ4v) is 3.26. The molecule has 0 radical (unpaired) electrons. The smallest absolute Gasteiger partial charge is 0.336 e. The number of halogens is 1. The van der Waals surface area contributed by atoms with E-state index in [0.29, 0.717) is 22.8 Å². The molecule has 0 atom stereocenters. The van der Waals surface area contributed by atoms with Gasteiger partial charge in [-0.15, -0.1) is 5.10 Å². The number of carbonyl (C=O) groups excluding carboxylic acids is 1. The molecular weight excluding hydrogens is 437 g/mol. The summed E-state index contributed by atoms with van der Waals surface area (Å²) in [6, 6.07) is 20.0. The van der Waals surface area contributed by atoms with Gasteiger partial charge in [0.1, 0.15) is 11.6 Å². The van der Waals surface area contributed by atoms with E-state index in [1.165, 1.54) is 10.7 Å². The number of anilines is 2. The molecule has 34 heavy (non-hydrogen) atoms. The second-order valence-electron chi connectivity index (χ2n) is 7.64. The van der Waals surface area contributed by atoms with Crippen LogP contribution in [0.4, 0.5) is 20.6 Å². The molecule has 0 unspecified atom stereocenters. The van der Waals surface area contributed by atoms with Crippen molar-refractivity contribution in [2.24, 2.45) is 0 Å². The van der Waals surface area contributed by atoms with Gasteiger partial charge in [-0.2, -0.15) is 4.98 Å². The standard InChI is InChI=1S/C25H24FN5O3/c1-16(2)34-25-29-23(21-12-4-5-13-22(21)26)31(30-25)19-10-6-8-17(14-19)27-24(32)28-18-9-7-11-20(15-18)33-3/h4-16H,1-3H3,(H2,27,28,32). The third kappa shape index (κ3) is 5.32. The van der Waals surface area contributed by atoms with Gasteiger partial charge in [-0.05, 0) is 56.3 Å². The summed E-state index contributed by atoms with van der Waals surface area (Å²) in [5.74, 6) is 0.483. The number of nitrogens with one attached hydrogen (secondary N) is 2. The summed E-state index contributed by atoms with van der Waals surface area (Å²) in [6.45, 7) is 3.71. The first-order valence-corrected chi connectivity index (χ1v) is 10.6. The molecule has 0 aliphatic carbocycles. The number of methoxy groups -OCH3 is 1. The van der Waals surface area contributed by atoms with Crippen LogP contribution in [0.25, 0.3) is 17.1 Å². The van der Waals surface area contributed by atoms with E-state index in [2.05, 4.69) is 20.7 Å². The summed E-state index contributed by atoms with van der Waals surface area (Å²) < 4.78 is 26.9. The molecule has 0 aliphatic heterocycles. The Bertz CT molecular complexity index is 1310. The minimum atomic E-state index is -0.431. The maximum absolute atomic E-state index is 14.6. The van der Waals surface area contributed by atoms with Gasteiger partial charge in [-0.3, -0.25) is 0 Å². The largest absolute Gasteiger partial charge is 0.497 e. The normalized spacial score (nSPS) is 10.7. The van der Waals surface area contributed by atoms with Gasteiger partial charge in [0.25, 0.3) is 0 Å². The number of benzene rings is 3. The lowest BCUT2D eigenvalue weighted by Gasteiger charge is -2.11. The molecule has 0 saturated carbocycles. The predicted octanol–water partition coefficient (Wildman–Crippen LogP) is 5.51. The Morgan fingerprint density at radius 2 is 1.68 bits per heavy atom. The van der Waals surface area contributed by atoms with Crippen LogP contribution < -0.4 is 20.1 Å². The molecule has 0 aliphatic rings. The van der Waals surface area contributed by atoms with E-state index in [0.717, 1.165) is 0 Å². The number of hydrogen-bond donors (Lipinski definition) is 2. The molecule has 0 spiro atoms. The molecule has 1 aromatic heterocycles. The highest BCUT2D eigenvalue weighted by atomic mass is 19.1. The summed E-state index contributed by atoms with van der Waals surface area (Å²) in [4.78, 5) is 16.9. The summed E-state index contributed by atoms with van der Waals surface area (Å²) in [5, 5.41) is 9.97. The highest BCUT2D eigenvalue weighted by molar-refractivity contribution is 6.00. The number of rotatable bonds is 7. The van der Waals surface area contributed by atoms with Crippen LogP contribution in [0.15, 0.2) is 72.8 Å². The molecule has 4 rings (SSSR count). The Hall–Kier alpha value is -4.40. The van der Waals surface area contributed by atoms with Gasteiger partial charge < -0.3 is 20.1 Å². The number of urea groups is 1. The van der Waals surface area contributed by atoms with Gasteiger partial charge in [-0.25, -0.2) is 13.9 Å². The average molecular weight is 461 g/mol. The molecule has 1 heterocycles. The minimum Gasteiger partial charge on any atom is -0.497 e. The quantitative estimate of drug-likeness (QED) is 0.379. The number of aromatic nitrogens is 3. The van der Waals surface area contributed by atoms with Crippen LogP contribution in [0.5, 0.6) is 11.8 Å². The molecule has 174 valence electrons. The third-order valence-electron chi connectivity index (χ3n) is 4.72.